The zero-order valence-electron chi connectivity index (χ0n) is 7.91. The van der Waals surface area contributed by atoms with Crippen molar-refractivity contribution in [3.63, 3.8) is 0 Å². The summed E-state index contributed by atoms with van der Waals surface area (Å²) in [6.07, 6.45) is 0.705. The summed E-state index contributed by atoms with van der Waals surface area (Å²) in [6, 6.07) is 4.85. The number of hydrogen-bond donors (Lipinski definition) is 3. The van der Waals surface area contributed by atoms with Crippen LogP contribution in [-0.4, -0.2) is 23.3 Å². The lowest BCUT2D eigenvalue weighted by molar-refractivity contribution is 0.449. The largest absolute Gasteiger partial charge is 0.508 e. The summed E-state index contributed by atoms with van der Waals surface area (Å²) >= 11 is 0. The van der Waals surface area contributed by atoms with E-state index in [1.165, 1.54) is 12.1 Å². The molecule has 1 atom stereocenters. The van der Waals surface area contributed by atoms with Gasteiger partial charge in [-0.05, 0) is 44.2 Å². The van der Waals surface area contributed by atoms with Crippen molar-refractivity contribution < 1.29 is 10.2 Å². The molecule has 0 amide bonds. The van der Waals surface area contributed by atoms with Crippen molar-refractivity contribution in [1.29, 1.82) is 0 Å². The van der Waals surface area contributed by atoms with E-state index in [-0.39, 0.29) is 17.5 Å². The Morgan fingerprint density at radius 2 is 2.08 bits per heavy atom. The van der Waals surface area contributed by atoms with Gasteiger partial charge < -0.3 is 15.5 Å². The lowest BCUT2D eigenvalue weighted by Gasteiger charge is -2.11. The van der Waals surface area contributed by atoms with Gasteiger partial charge in [-0.25, -0.2) is 0 Å². The quantitative estimate of drug-likeness (QED) is 0.615. The van der Waals surface area contributed by atoms with E-state index in [1.54, 1.807) is 6.07 Å². The van der Waals surface area contributed by atoms with Crippen LogP contribution in [0.5, 0.6) is 11.5 Å². The fourth-order valence-corrected chi connectivity index (χ4v) is 1.17. The SMILES string of the molecule is CNC(C)Cc1cc(O)ccc1O. The molecule has 72 valence electrons. The van der Waals surface area contributed by atoms with Crippen LogP contribution in [0.1, 0.15) is 12.5 Å². The lowest BCUT2D eigenvalue weighted by atomic mass is 10.1. The summed E-state index contributed by atoms with van der Waals surface area (Å²) in [7, 11) is 1.87. The van der Waals surface area contributed by atoms with E-state index < -0.39 is 0 Å². The Morgan fingerprint density at radius 3 is 2.69 bits per heavy atom. The third kappa shape index (κ3) is 2.63. The second-order valence-electron chi connectivity index (χ2n) is 3.21. The van der Waals surface area contributed by atoms with Crippen molar-refractivity contribution in [2.24, 2.45) is 0 Å². The topological polar surface area (TPSA) is 52.5 Å². The predicted molar refractivity (Wildman–Crippen MR) is 52.0 cm³/mol. The smallest absolute Gasteiger partial charge is 0.119 e. The third-order valence-corrected chi connectivity index (χ3v) is 2.08. The highest BCUT2D eigenvalue weighted by Crippen LogP contribution is 2.23. The Morgan fingerprint density at radius 1 is 1.38 bits per heavy atom. The molecule has 0 fully saturated rings. The lowest BCUT2D eigenvalue weighted by Crippen LogP contribution is -2.23. The third-order valence-electron chi connectivity index (χ3n) is 2.08. The molecule has 0 saturated heterocycles. The van der Waals surface area contributed by atoms with Crippen LogP contribution >= 0.6 is 0 Å². The van der Waals surface area contributed by atoms with Crippen LogP contribution in [0.25, 0.3) is 0 Å². The first-order valence-corrected chi connectivity index (χ1v) is 4.31. The van der Waals surface area contributed by atoms with Crippen LogP contribution in [0.15, 0.2) is 18.2 Å². The van der Waals surface area contributed by atoms with Gasteiger partial charge in [0.1, 0.15) is 11.5 Å². The van der Waals surface area contributed by atoms with E-state index >= 15 is 0 Å². The van der Waals surface area contributed by atoms with Gasteiger partial charge in [0.2, 0.25) is 0 Å². The highest BCUT2D eigenvalue weighted by Gasteiger charge is 2.06. The summed E-state index contributed by atoms with van der Waals surface area (Å²) in [4.78, 5) is 0. The number of phenolic OH excluding ortho intramolecular Hbond substituents is 2. The van der Waals surface area contributed by atoms with Gasteiger partial charge in [0, 0.05) is 6.04 Å². The zero-order valence-corrected chi connectivity index (χ0v) is 7.91. The second-order valence-corrected chi connectivity index (χ2v) is 3.21. The van der Waals surface area contributed by atoms with Gasteiger partial charge in [-0.15, -0.1) is 0 Å². The molecule has 13 heavy (non-hydrogen) atoms. The highest BCUT2D eigenvalue weighted by atomic mass is 16.3. The minimum Gasteiger partial charge on any atom is -0.508 e. The summed E-state index contributed by atoms with van der Waals surface area (Å²) in [5.41, 5.74) is 0.766. The molecule has 0 aromatic heterocycles. The molecule has 0 aliphatic carbocycles. The van der Waals surface area contributed by atoms with E-state index in [1.807, 2.05) is 14.0 Å². The summed E-state index contributed by atoms with van der Waals surface area (Å²) in [6.45, 7) is 2.02. The first kappa shape index (κ1) is 9.86. The van der Waals surface area contributed by atoms with Crippen LogP contribution in [0, 0.1) is 0 Å². The predicted octanol–water partition coefficient (Wildman–Crippen LogP) is 1.25. The van der Waals surface area contributed by atoms with E-state index in [4.69, 9.17) is 0 Å². The Kier molecular flexibility index (Phi) is 3.14. The van der Waals surface area contributed by atoms with Gasteiger partial charge in [0.05, 0.1) is 0 Å². The molecule has 0 aliphatic rings. The number of phenols is 2. The molecule has 0 bridgehead atoms. The fourth-order valence-electron chi connectivity index (χ4n) is 1.17. The Labute approximate surface area is 78.0 Å². The molecular weight excluding hydrogens is 166 g/mol. The number of hydrogen-bond acceptors (Lipinski definition) is 3. The monoisotopic (exact) mass is 181 g/mol. The van der Waals surface area contributed by atoms with Crippen molar-refractivity contribution in [2.45, 2.75) is 19.4 Å². The molecule has 1 rings (SSSR count). The Hall–Kier alpha value is -1.22. The number of benzene rings is 1. The standard InChI is InChI=1S/C10H15NO2/c1-7(11-2)5-8-6-9(12)3-4-10(8)13/h3-4,6-7,11-13H,5H2,1-2H3. The normalized spacial score (nSPS) is 12.8. The first-order chi connectivity index (χ1) is 6.13. The fraction of sp³-hybridized carbons (Fsp3) is 0.400. The van der Waals surface area contributed by atoms with Gasteiger partial charge in [-0.3, -0.25) is 0 Å². The average molecular weight is 181 g/mol. The molecule has 1 aromatic carbocycles. The Bertz CT molecular complexity index is 286. The minimum atomic E-state index is 0.191. The average Bonchev–Trinajstić information content (AvgIpc) is 2.11. The van der Waals surface area contributed by atoms with Crippen molar-refractivity contribution >= 4 is 0 Å². The minimum absolute atomic E-state index is 0.191. The van der Waals surface area contributed by atoms with Crippen LogP contribution < -0.4 is 5.32 Å². The van der Waals surface area contributed by atoms with Crippen LogP contribution in [0.3, 0.4) is 0 Å². The highest BCUT2D eigenvalue weighted by molar-refractivity contribution is 5.38. The maximum absolute atomic E-state index is 9.44. The van der Waals surface area contributed by atoms with Crippen molar-refractivity contribution in [2.75, 3.05) is 7.05 Å². The molecule has 0 radical (unpaired) electrons. The second kappa shape index (κ2) is 4.14. The van der Waals surface area contributed by atoms with E-state index in [9.17, 15) is 10.2 Å². The molecule has 0 aliphatic heterocycles. The number of likely N-dealkylation sites (N-methyl/N-ethyl adjacent to an activating group) is 1. The van der Waals surface area contributed by atoms with Crippen LogP contribution in [-0.2, 0) is 6.42 Å². The van der Waals surface area contributed by atoms with Crippen molar-refractivity contribution in [3.8, 4) is 11.5 Å². The Balaban J connectivity index is 2.81. The van der Waals surface area contributed by atoms with Crippen molar-refractivity contribution in [3.05, 3.63) is 23.8 Å². The summed E-state index contributed by atoms with van der Waals surface area (Å²) in [5, 5.41) is 21.7. The molecule has 1 aromatic rings. The molecular formula is C10H15NO2. The summed E-state index contributed by atoms with van der Waals surface area (Å²) in [5.74, 6) is 0.427. The van der Waals surface area contributed by atoms with E-state index in [0.29, 0.717) is 6.42 Å². The van der Waals surface area contributed by atoms with Gasteiger partial charge in [0.15, 0.2) is 0 Å². The van der Waals surface area contributed by atoms with E-state index in [0.717, 1.165) is 5.56 Å². The molecule has 1 unspecified atom stereocenters. The number of aromatic hydroxyl groups is 2. The molecule has 3 N–H and O–H groups in total. The first-order valence-electron chi connectivity index (χ1n) is 4.31. The molecule has 3 heteroatoms. The van der Waals surface area contributed by atoms with Gasteiger partial charge in [-0.2, -0.15) is 0 Å². The maximum Gasteiger partial charge on any atom is 0.119 e. The van der Waals surface area contributed by atoms with Crippen LogP contribution in [0.2, 0.25) is 0 Å². The van der Waals surface area contributed by atoms with Gasteiger partial charge in [0.25, 0.3) is 0 Å². The molecule has 0 saturated carbocycles. The molecule has 0 spiro atoms. The van der Waals surface area contributed by atoms with Gasteiger partial charge >= 0.3 is 0 Å². The van der Waals surface area contributed by atoms with E-state index in [2.05, 4.69) is 5.32 Å². The zero-order chi connectivity index (χ0) is 9.84. The number of rotatable bonds is 3. The van der Waals surface area contributed by atoms with Gasteiger partial charge in [-0.1, -0.05) is 0 Å². The maximum atomic E-state index is 9.44. The molecule has 0 heterocycles. The summed E-state index contributed by atoms with van der Waals surface area (Å²) < 4.78 is 0. The number of nitrogens with one attached hydrogen (secondary N) is 1. The van der Waals surface area contributed by atoms with Crippen molar-refractivity contribution in [1.82, 2.24) is 5.32 Å². The van der Waals surface area contributed by atoms with Crippen LogP contribution in [0.4, 0.5) is 0 Å². The molecule has 3 nitrogen and oxygen atoms in total.